The van der Waals surface area contributed by atoms with Gasteiger partial charge < -0.3 is 10.6 Å². The van der Waals surface area contributed by atoms with Crippen molar-refractivity contribution in [2.45, 2.75) is 32.6 Å². The predicted octanol–water partition coefficient (Wildman–Crippen LogP) is 2.86. The van der Waals surface area contributed by atoms with E-state index in [4.69, 9.17) is 0 Å². The molecule has 21 heavy (non-hydrogen) atoms. The number of nitrogens with zero attached hydrogens (tertiary/aromatic N) is 1. The Morgan fingerprint density at radius 3 is 2.81 bits per heavy atom. The number of halogens is 2. The van der Waals surface area contributed by atoms with E-state index in [2.05, 4.69) is 15.6 Å². The maximum atomic E-state index is 13.5. The third-order valence-corrected chi connectivity index (χ3v) is 3.54. The molecular formula is C16H23F2N3. The van der Waals surface area contributed by atoms with E-state index in [0.717, 1.165) is 37.5 Å². The second-order valence-corrected chi connectivity index (χ2v) is 5.41. The number of rotatable bonds is 7. The van der Waals surface area contributed by atoms with Gasteiger partial charge in [0.25, 0.3) is 0 Å². The fraction of sp³-hybridized carbons (Fsp3) is 0.562. The second-order valence-electron chi connectivity index (χ2n) is 5.41. The highest BCUT2D eigenvalue weighted by molar-refractivity contribution is 5.79. The Balaban J connectivity index is 1.78. The lowest BCUT2D eigenvalue weighted by Crippen LogP contribution is -2.38. The summed E-state index contributed by atoms with van der Waals surface area (Å²) in [6.07, 6.45) is 4.22. The van der Waals surface area contributed by atoms with Gasteiger partial charge in [-0.25, -0.2) is 8.78 Å². The second kappa shape index (κ2) is 7.96. The van der Waals surface area contributed by atoms with Crippen LogP contribution in [0.2, 0.25) is 0 Å². The number of nitrogens with one attached hydrogen (secondary N) is 2. The molecule has 1 aromatic carbocycles. The van der Waals surface area contributed by atoms with E-state index < -0.39 is 5.82 Å². The van der Waals surface area contributed by atoms with Crippen LogP contribution in [0.3, 0.4) is 0 Å². The largest absolute Gasteiger partial charge is 0.357 e. The van der Waals surface area contributed by atoms with Gasteiger partial charge in [0, 0.05) is 19.6 Å². The molecular weight excluding hydrogens is 272 g/mol. The van der Waals surface area contributed by atoms with Crippen LogP contribution in [0, 0.1) is 17.6 Å². The van der Waals surface area contributed by atoms with Gasteiger partial charge in [-0.1, -0.05) is 12.8 Å². The molecule has 0 bridgehead atoms. The molecule has 0 heterocycles. The average Bonchev–Trinajstić information content (AvgIpc) is 3.27. The van der Waals surface area contributed by atoms with Gasteiger partial charge in [0.1, 0.15) is 11.6 Å². The number of hydrogen-bond donors (Lipinski definition) is 2. The Morgan fingerprint density at radius 1 is 1.29 bits per heavy atom. The minimum atomic E-state index is -0.406. The summed E-state index contributed by atoms with van der Waals surface area (Å²) in [4.78, 5) is 4.49. The molecule has 2 N–H and O–H groups in total. The van der Waals surface area contributed by atoms with Crippen molar-refractivity contribution in [3.8, 4) is 0 Å². The van der Waals surface area contributed by atoms with Crippen LogP contribution in [-0.2, 0) is 6.42 Å². The van der Waals surface area contributed by atoms with E-state index in [0.29, 0.717) is 18.5 Å². The molecule has 1 fully saturated rings. The maximum Gasteiger partial charge on any atom is 0.191 e. The van der Waals surface area contributed by atoms with Gasteiger partial charge in [-0.05, 0) is 49.4 Å². The smallest absolute Gasteiger partial charge is 0.191 e. The summed E-state index contributed by atoms with van der Waals surface area (Å²) in [6.45, 7) is 4.12. The molecule has 1 aliphatic carbocycles. The first-order valence-electron chi connectivity index (χ1n) is 7.65. The van der Waals surface area contributed by atoms with Crippen LogP contribution >= 0.6 is 0 Å². The summed E-state index contributed by atoms with van der Waals surface area (Å²) in [5.74, 6) is 0.832. The Bertz CT molecular complexity index is 484. The normalized spacial score (nSPS) is 15.1. The Hall–Kier alpha value is -1.65. The zero-order valence-corrected chi connectivity index (χ0v) is 12.5. The highest BCUT2D eigenvalue weighted by Gasteiger charge is 2.20. The Labute approximate surface area is 124 Å². The van der Waals surface area contributed by atoms with Crippen molar-refractivity contribution < 1.29 is 8.78 Å². The van der Waals surface area contributed by atoms with Gasteiger partial charge in [0.15, 0.2) is 5.96 Å². The number of aliphatic imine (C=N–C) groups is 1. The fourth-order valence-electron chi connectivity index (χ4n) is 2.16. The van der Waals surface area contributed by atoms with Gasteiger partial charge in [-0.3, -0.25) is 4.99 Å². The fourth-order valence-corrected chi connectivity index (χ4v) is 2.16. The van der Waals surface area contributed by atoms with Crippen molar-refractivity contribution in [3.63, 3.8) is 0 Å². The Kier molecular flexibility index (Phi) is 5.96. The number of guanidine groups is 1. The highest BCUT2D eigenvalue weighted by Crippen LogP contribution is 2.32. The third kappa shape index (κ3) is 5.69. The first-order valence-corrected chi connectivity index (χ1v) is 7.65. The molecule has 2 rings (SSSR count). The first kappa shape index (κ1) is 15.7. The molecule has 116 valence electrons. The van der Waals surface area contributed by atoms with Crippen molar-refractivity contribution in [2.24, 2.45) is 10.9 Å². The first-order chi connectivity index (χ1) is 10.2. The van der Waals surface area contributed by atoms with E-state index in [9.17, 15) is 8.78 Å². The molecule has 1 saturated carbocycles. The number of benzene rings is 1. The van der Waals surface area contributed by atoms with E-state index >= 15 is 0 Å². The SMILES string of the molecule is CCNC(=NCCC1CC1)NCCc1cc(F)ccc1F. The molecule has 0 atom stereocenters. The standard InChI is InChI=1S/C16H23F2N3/c1-2-19-16(20-9-7-12-3-4-12)21-10-8-13-11-14(17)5-6-15(13)18/h5-6,11-12H,2-4,7-10H2,1H3,(H2,19,20,21). The number of hydrogen-bond acceptors (Lipinski definition) is 1. The molecule has 5 heteroatoms. The topological polar surface area (TPSA) is 36.4 Å². The molecule has 0 amide bonds. The Morgan fingerprint density at radius 2 is 2.10 bits per heavy atom. The van der Waals surface area contributed by atoms with E-state index in [-0.39, 0.29) is 5.82 Å². The van der Waals surface area contributed by atoms with Crippen molar-refractivity contribution in [3.05, 3.63) is 35.4 Å². The lowest BCUT2D eigenvalue weighted by molar-refractivity contribution is 0.583. The van der Waals surface area contributed by atoms with E-state index in [1.54, 1.807) is 0 Å². The molecule has 3 nitrogen and oxygen atoms in total. The molecule has 1 aromatic rings. The van der Waals surface area contributed by atoms with Crippen LogP contribution in [0.15, 0.2) is 23.2 Å². The lowest BCUT2D eigenvalue weighted by Gasteiger charge is -2.11. The molecule has 0 aliphatic heterocycles. The van der Waals surface area contributed by atoms with Crippen LogP contribution < -0.4 is 10.6 Å². The zero-order chi connectivity index (χ0) is 15.1. The quantitative estimate of drug-likeness (QED) is 0.599. The van der Waals surface area contributed by atoms with Crippen molar-refractivity contribution in [2.75, 3.05) is 19.6 Å². The third-order valence-electron chi connectivity index (χ3n) is 3.54. The summed E-state index contributed by atoms with van der Waals surface area (Å²) in [5.41, 5.74) is 0.385. The summed E-state index contributed by atoms with van der Waals surface area (Å²) in [5, 5.41) is 6.32. The summed E-state index contributed by atoms with van der Waals surface area (Å²) in [7, 11) is 0. The van der Waals surface area contributed by atoms with E-state index in [1.165, 1.54) is 25.0 Å². The van der Waals surface area contributed by atoms with Crippen LogP contribution in [0.5, 0.6) is 0 Å². The van der Waals surface area contributed by atoms with Crippen LogP contribution in [-0.4, -0.2) is 25.6 Å². The van der Waals surface area contributed by atoms with Gasteiger partial charge in [0.2, 0.25) is 0 Å². The maximum absolute atomic E-state index is 13.5. The van der Waals surface area contributed by atoms with Gasteiger partial charge >= 0.3 is 0 Å². The van der Waals surface area contributed by atoms with Crippen LogP contribution in [0.1, 0.15) is 31.7 Å². The van der Waals surface area contributed by atoms with Crippen LogP contribution in [0.4, 0.5) is 8.78 Å². The van der Waals surface area contributed by atoms with E-state index in [1.807, 2.05) is 6.92 Å². The summed E-state index contributed by atoms with van der Waals surface area (Å²) >= 11 is 0. The molecule has 0 saturated heterocycles. The van der Waals surface area contributed by atoms with Crippen molar-refractivity contribution in [1.82, 2.24) is 10.6 Å². The van der Waals surface area contributed by atoms with Crippen LogP contribution in [0.25, 0.3) is 0 Å². The minimum Gasteiger partial charge on any atom is -0.357 e. The molecule has 0 radical (unpaired) electrons. The molecule has 0 spiro atoms. The lowest BCUT2D eigenvalue weighted by atomic mass is 10.1. The molecule has 0 unspecified atom stereocenters. The molecule has 1 aliphatic rings. The zero-order valence-electron chi connectivity index (χ0n) is 12.5. The summed E-state index contributed by atoms with van der Waals surface area (Å²) in [6, 6.07) is 3.55. The minimum absolute atomic E-state index is 0.367. The van der Waals surface area contributed by atoms with Gasteiger partial charge in [-0.15, -0.1) is 0 Å². The van der Waals surface area contributed by atoms with Crippen molar-refractivity contribution in [1.29, 1.82) is 0 Å². The molecule has 0 aromatic heterocycles. The average molecular weight is 295 g/mol. The van der Waals surface area contributed by atoms with Gasteiger partial charge in [0.05, 0.1) is 0 Å². The van der Waals surface area contributed by atoms with Crippen molar-refractivity contribution >= 4 is 5.96 Å². The summed E-state index contributed by atoms with van der Waals surface area (Å²) < 4.78 is 26.6. The van der Waals surface area contributed by atoms with Gasteiger partial charge in [-0.2, -0.15) is 0 Å². The predicted molar refractivity (Wildman–Crippen MR) is 81.4 cm³/mol. The monoisotopic (exact) mass is 295 g/mol. The highest BCUT2D eigenvalue weighted by atomic mass is 19.1.